The predicted molar refractivity (Wildman–Crippen MR) is 78.2 cm³/mol. The van der Waals surface area contributed by atoms with E-state index in [1.807, 2.05) is 0 Å². The Morgan fingerprint density at radius 3 is 2.22 bits per heavy atom. The highest BCUT2D eigenvalue weighted by Crippen LogP contribution is 2.27. The first-order chi connectivity index (χ1) is 10.9. The lowest BCUT2D eigenvalue weighted by atomic mass is 10.0. The maximum Gasteiger partial charge on any atom is 0.335 e. The fraction of sp³-hybridized carbons (Fsp3) is 0.118. The average Bonchev–Trinajstić information content (AvgIpc) is 2.76. The number of carboxylic acids is 1. The van der Waals surface area contributed by atoms with Gasteiger partial charge in [0.25, 0.3) is 11.8 Å². The van der Waals surface area contributed by atoms with Crippen molar-refractivity contribution in [2.24, 2.45) is 0 Å². The molecule has 116 valence electrons. The number of fused-ring (bicyclic) bond motifs is 1. The fourth-order valence-corrected chi connectivity index (χ4v) is 2.66. The molecule has 0 radical (unpaired) electrons. The first-order valence-electron chi connectivity index (χ1n) is 6.89. The monoisotopic (exact) mass is 310 g/mol. The van der Waals surface area contributed by atoms with Gasteiger partial charge < -0.3 is 10.2 Å². The number of aryl methyl sites for hydroxylation is 1. The zero-order valence-corrected chi connectivity index (χ0v) is 12.2. The maximum atomic E-state index is 12.3. The smallest absolute Gasteiger partial charge is 0.335 e. The number of nitrogens with zero attached hydrogens (tertiary/aromatic N) is 1. The van der Waals surface area contributed by atoms with Gasteiger partial charge in [0.15, 0.2) is 0 Å². The van der Waals surface area contributed by atoms with Gasteiger partial charge in [-0.2, -0.15) is 0 Å². The van der Waals surface area contributed by atoms with Crippen LogP contribution in [0.3, 0.4) is 0 Å². The number of carboxylic acid groups (broad SMARTS) is 1. The van der Waals surface area contributed by atoms with E-state index in [0.717, 1.165) is 4.90 Å². The number of hydrogen-bond donors (Lipinski definition) is 1. The number of amides is 2. The number of carbonyl (C=O) groups is 3. The van der Waals surface area contributed by atoms with E-state index in [4.69, 9.17) is 5.11 Å². The molecule has 2 amide bonds. The van der Waals surface area contributed by atoms with Crippen LogP contribution in [0.2, 0.25) is 0 Å². The molecular weight excluding hydrogens is 298 g/mol. The second-order valence-corrected chi connectivity index (χ2v) is 5.34. The molecule has 1 N–H and O–H groups in total. The van der Waals surface area contributed by atoms with Crippen molar-refractivity contribution >= 4 is 17.8 Å². The summed E-state index contributed by atoms with van der Waals surface area (Å²) in [7, 11) is 0. The number of imide groups is 1. The van der Waals surface area contributed by atoms with Gasteiger partial charge in [0.1, 0.15) is 0 Å². The van der Waals surface area contributed by atoms with E-state index in [1.165, 1.54) is 19.1 Å². The van der Waals surface area contributed by atoms with Crippen LogP contribution in [0, 0.1) is 6.92 Å². The molecule has 0 unspecified atom stereocenters. The van der Waals surface area contributed by atoms with Crippen LogP contribution < -0.4 is 5.11 Å². The van der Waals surface area contributed by atoms with Gasteiger partial charge in [-0.15, -0.1) is 0 Å². The average molecular weight is 310 g/mol. The van der Waals surface area contributed by atoms with E-state index < -0.39 is 23.5 Å². The first kappa shape index (κ1) is 14.8. The molecule has 6 nitrogen and oxygen atoms in total. The summed E-state index contributed by atoms with van der Waals surface area (Å²) in [6.45, 7) is 1.42. The van der Waals surface area contributed by atoms with E-state index >= 15 is 0 Å². The summed E-state index contributed by atoms with van der Waals surface area (Å²) in [5, 5.41) is 20.9. The largest absolute Gasteiger partial charge is 0.872 e. The van der Waals surface area contributed by atoms with Gasteiger partial charge in [-0.05, 0) is 30.7 Å². The molecule has 0 atom stereocenters. The molecule has 0 bridgehead atoms. The van der Waals surface area contributed by atoms with Crippen LogP contribution in [0.1, 0.15) is 42.2 Å². The van der Waals surface area contributed by atoms with E-state index in [1.54, 1.807) is 24.3 Å². The Hall–Kier alpha value is -3.15. The molecule has 0 saturated heterocycles. The normalized spacial score (nSPS) is 13.3. The summed E-state index contributed by atoms with van der Waals surface area (Å²) >= 11 is 0. The highest BCUT2D eigenvalue weighted by atomic mass is 16.4. The minimum absolute atomic E-state index is 0.0756. The number of benzene rings is 2. The van der Waals surface area contributed by atoms with E-state index in [0.29, 0.717) is 16.7 Å². The lowest BCUT2D eigenvalue weighted by Gasteiger charge is -2.19. The van der Waals surface area contributed by atoms with E-state index in [9.17, 15) is 19.5 Å². The molecular formula is C17H12NO5-. The van der Waals surface area contributed by atoms with Gasteiger partial charge >= 0.3 is 5.97 Å². The van der Waals surface area contributed by atoms with Crippen molar-refractivity contribution in [1.82, 2.24) is 4.90 Å². The standard InChI is InChI=1S/C17H13NO5/c1-9-6-10(7-13(14(9)19)17(22)23)8-18-15(20)11-4-2-3-5-12(11)16(18)21/h2-7,19H,8H2,1H3,(H,22,23)/p-1. The zero-order chi connectivity index (χ0) is 16.7. The van der Waals surface area contributed by atoms with E-state index in [2.05, 4.69) is 0 Å². The summed E-state index contributed by atoms with van der Waals surface area (Å²) in [4.78, 5) is 36.8. The van der Waals surface area contributed by atoms with Crippen molar-refractivity contribution in [3.05, 3.63) is 64.2 Å². The summed E-state index contributed by atoms with van der Waals surface area (Å²) in [6, 6.07) is 9.20. The van der Waals surface area contributed by atoms with Crippen molar-refractivity contribution < 1.29 is 24.6 Å². The minimum Gasteiger partial charge on any atom is -0.872 e. The van der Waals surface area contributed by atoms with E-state index in [-0.39, 0.29) is 17.7 Å². The molecule has 1 heterocycles. The second kappa shape index (κ2) is 5.24. The Kier molecular flexibility index (Phi) is 3.37. The first-order valence-corrected chi connectivity index (χ1v) is 6.89. The third-order valence-corrected chi connectivity index (χ3v) is 3.78. The van der Waals surface area contributed by atoms with Crippen molar-refractivity contribution in [3.63, 3.8) is 0 Å². The molecule has 0 aromatic heterocycles. The second-order valence-electron chi connectivity index (χ2n) is 5.34. The molecule has 0 fully saturated rings. The van der Waals surface area contributed by atoms with Gasteiger partial charge in [-0.1, -0.05) is 29.5 Å². The lowest BCUT2D eigenvalue weighted by molar-refractivity contribution is -0.269. The minimum atomic E-state index is -1.33. The van der Waals surface area contributed by atoms with Gasteiger partial charge in [-0.3, -0.25) is 14.5 Å². The lowest BCUT2D eigenvalue weighted by Crippen LogP contribution is -2.29. The molecule has 2 aromatic rings. The highest BCUT2D eigenvalue weighted by molar-refractivity contribution is 6.21. The molecule has 1 aliphatic rings. The summed E-state index contributed by atoms with van der Waals surface area (Å²) in [5.74, 6) is -2.75. The topological polar surface area (TPSA) is 97.7 Å². The Balaban J connectivity index is 1.97. The zero-order valence-electron chi connectivity index (χ0n) is 12.2. The molecule has 23 heavy (non-hydrogen) atoms. The maximum absolute atomic E-state index is 12.3. The summed E-state index contributed by atoms with van der Waals surface area (Å²) in [6.07, 6.45) is 0. The molecule has 6 heteroatoms. The molecule has 2 aromatic carbocycles. The quantitative estimate of drug-likeness (QED) is 0.868. The van der Waals surface area contributed by atoms with Crippen LogP contribution in [-0.4, -0.2) is 27.8 Å². The highest BCUT2D eigenvalue weighted by Gasteiger charge is 2.35. The van der Waals surface area contributed by atoms with Gasteiger partial charge in [0.05, 0.1) is 23.2 Å². The van der Waals surface area contributed by atoms with Gasteiger partial charge in [-0.25, -0.2) is 4.79 Å². The van der Waals surface area contributed by atoms with Crippen molar-refractivity contribution in [1.29, 1.82) is 0 Å². The van der Waals surface area contributed by atoms with Crippen LogP contribution in [0.4, 0.5) is 0 Å². The van der Waals surface area contributed by atoms with Crippen LogP contribution in [0.5, 0.6) is 5.75 Å². The summed E-state index contributed by atoms with van der Waals surface area (Å²) in [5.41, 5.74) is 0.975. The Bertz CT molecular complexity index is 821. The molecule has 0 aliphatic carbocycles. The van der Waals surface area contributed by atoms with Crippen LogP contribution in [-0.2, 0) is 6.54 Å². The van der Waals surface area contributed by atoms with Crippen molar-refractivity contribution in [2.45, 2.75) is 13.5 Å². The molecule has 0 spiro atoms. The number of hydrogen-bond acceptors (Lipinski definition) is 4. The number of aromatic carboxylic acids is 1. The SMILES string of the molecule is Cc1cc(CN2C(=O)c3ccccc3C2=O)cc(C(=O)O)c1[O-]. The Labute approximate surface area is 131 Å². The van der Waals surface area contributed by atoms with Crippen molar-refractivity contribution in [3.8, 4) is 5.75 Å². The molecule has 1 aliphatic heterocycles. The Morgan fingerprint density at radius 1 is 1.13 bits per heavy atom. The van der Waals surface area contributed by atoms with Crippen LogP contribution in [0.15, 0.2) is 36.4 Å². The Morgan fingerprint density at radius 2 is 1.70 bits per heavy atom. The summed E-state index contributed by atoms with van der Waals surface area (Å²) < 4.78 is 0. The number of carbonyl (C=O) groups excluding carboxylic acids is 2. The third-order valence-electron chi connectivity index (χ3n) is 3.78. The van der Waals surface area contributed by atoms with Crippen LogP contribution in [0.25, 0.3) is 0 Å². The van der Waals surface area contributed by atoms with Gasteiger partial charge in [0, 0.05) is 0 Å². The van der Waals surface area contributed by atoms with Gasteiger partial charge in [0.2, 0.25) is 0 Å². The predicted octanol–water partition coefficient (Wildman–Crippen LogP) is 1.56. The molecule has 3 rings (SSSR count). The van der Waals surface area contributed by atoms with Crippen molar-refractivity contribution in [2.75, 3.05) is 0 Å². The molecule has 0 saturated carbocycles. The fourth-order valence-electron chi connectivity index (χ4n) is 2.66. The number of rotatable bonds is 3. The van der Waals surface area contributed by atoms with Crippen LogP contribution >= 0.6 is 0 Å². The third kappa shape index (κ3) is 2.34.